The molecule has 0 amide bonds. The summed E-state index contributed by atoms with van der Waals surface area (Å²) in [5.41, 5.74) is 8.37. The zero-order valence-electron chi connectivity index (χ0n) is 14.9. The topological polar surface area (TPSA) is 72.5 Å². The molecule has 0 fully saturated rings. The van der Waals surface area contributed by atoms with Gasteiger partial charge in [-0.1, -0.05) is 48.2 Å². The molecule has 0 bridgehead atoms. The predicted octanol–water partition coefficient (Wildman–Crippen LogP) is 4.70. The Bertz CT molecular complexity index is 1040. The second-order valence-electron chi connectivity index (χ2n) is 6.35. The highest BCUT2D eigenvalue weighted by Gasteiger charge is 2.26. The highest BCUT2D eigenvalue weighted by atomic mass is 32.2. The molecule has 0 aliphatic carbocycles. The normalized spacial score (nSPS) is 16.1. The summed E-state index contributed by atoms with van der Waals surface area (Å²) >= 11 is 1.67. The van der Waals surface area contributed by atoms with Gasteiger partial charge in [0.15, 0.2) is 0 Å². The first-order valence-corrected chi connectivity index (χ1v) is 9.41. The maximum absolute atomic E-state index is 11.1. The molecule has 0 radical (unpaired) electrons. The highest BCUT2D eigenvalue weighted by Crippen LogP contribution is 2.37. The number of benzene rings is 2. The number of nitro benzene ring substituents is 1. The molecule has 1 aliphatic rings. The number of non-ortho nitro benzene ring substituents is 1. The van der Waals surface area contributed by atoms with Crippen molar-refractivity contribution < 1.29 is 4.92 Å². The van der Waals surface area contributed by atoms with Crippen LogP contribution >= 0.6 is 11.8 Å². The van der Waals surface area contributed by atoms with Crippen molar-refractivity contribution in [2.45, 2.75) is 19.2 Å². The molecular formula is C20H18N4O2S. The summed E-state index contributed by atoms with van der Waals surface area (Å²) in [7, 11) is 0. The van der Waals surface area contributed by atoms with Crippen LogP contribution in [0.15, 0.2) is 65.8 Å². The lowest BCUT2D eigenvalue weighted by Gasteiger charge is -2.12. The Morgan fingerprint density at radius 1 is 1.11 bits per heavy atom. The zero-order valence-corrected chi connectivity index (χ0v) is 15.7. The molecule has 7 heteroatoms. The lowest BCUT2D eigenvalue weighted by atomic mass is 10.2. The van der Waals surface area contributed by atoms with Crippen molar-refractivity contribution in [3.05, 3.63) is 93.3 Å². The summed E-state index contributed by atoms with van der Waals surface area (Å²) in [4.78, 5) is 10.7. The standard InChI is InChI=1S/C20H18N4O2S/c1-13-11-18(20-22-21-19(27-20)15-7-4-3-5-8-15)14(2)23(13)16-9-6-10-17(12-16)24(25)26/h3-12,20,22H,1-2H3/t20-/m0/s1. The molecule has 2 aromatic carbocycles. The average Bonchev–Trinajstić information content (AvgIpc) is 3.27. The first-order chi connectivity index (χ1) is 13.0. The minimum absolute atomic E-state index is 0.0128. The minimum Gasteiger partial charge on any atom is -0.318 e. The third-order valence-electron chi connectivity index (χ3n) is 4.59. The molecule has 1 aliphatic heterocycles. The predicted molar refractivity (Wildman–Crippen MR) is 108 cm³/mol. The second-order valence-corrected chi connectivity index (χ2v) is 7.44. The van der Waals surface area contributed by atoms with Crippen LogP contribution in [-0.4, -0.2) is 14.5 Å². The quantitative estimate of drug-likeness (QED) is 0.528. The van der Waals surface area contributed by atoms with Crippen molar-refractivity contribution in [2.24, 2.45) is 5.10 Å². The molecule has 1 N–H and O–H groups in total. The number of nitrogens with zero attached hydrogens (tertiary/aromatic N) is 3. The van der Waals surface area contributed by atoms with E-state index in [-0.39, 0.29) is 16.0 Å². The van der Waals surface area contributed by atoms with Gasteiger partial charge in [0.2, 0.25) is 0 Å². The third kappa shape index (κ3) is 3.21. The van der Waals surface area contributed by atoms with Gasteiger partial charge in [-0.15, -0.1) is 0 Å². The van der Waals surface area contributed by atoms with E-state index >= 15 is 0 Å². The minimum atomic E-state index is -0.368. The maximum Gasteiger partial charge on any atom is 0.271 e. The molecule has 2 heterocycles. The third-order valence-corrected chi connectivity index (χ3v) is 5.73. The van der Waals surface area contributed by atoms with E-state index in [4.69, 9.17) is 0 Å². The maximum atomic E-state index is 11.1. The van der Waals surface area contributed by atoms with Gasteiger partial charge in [0.25, 0.3) is 5.69 Å². The Kier molecular flexibility index (Phi) is 4.45. The van der Waals surface area contributed by atoms with Crippen molar-refractivity contribution in [1.82, 2.24) is 9.99 Å². The summed E-state index contributed by atoms with van der Waals surface area (Å²) in [6.45, 7) is 4.04. The van der Waals surface area contributed by atoms with E-state index in [2.05, 4.69) is 16.6 Å². The summed E-state index contributed by atoms with van der Waals surface area (Å²) in [5.74, 6) is 0. The first-order valence-electron chi connectivity index (χ1n) is 8.53. The number of hydrogen-bond donors (Lipinski definition) is 1. The van der Waals surface area contributed by atoms with Gasteiger partial charge >= 0.3 is 0 Å². The van der Waals surface area contributed by atoms with Gasteiger partial charge in [0.1, 0.15) is 10.4 Å². The molecule has 0 saturated carbocycles. The molecule has 1 aromatic heterocycles. The van der Waals surface area contributed by atoms with Crippen LogP contribution in [0.5, 0.6) is 0 Å². The molecule has 0 spiro atoms. The van der Waals surface area contributed by atoms with E-state index < -0.39 is 0 Å². The second kappa shape index (κ2) is 6.92. The lowest BCUT2D eigenvalue weighted by Crippen LogP contribution is -2.08. The summed E-state index contributed by atoms with van der Waals surface area (Å²) in [6.07, 6.45) is 0. The van der Waals surface area contributed by atoms with Gasteiger partial charge in [0, 0.05) is 34.6 Å². The molecule has 1 atom stereocenters. The Morgan fingerprint density at radius 3 is 2.63 bits per heavy atom. The fourth-order valence-corrected chi connectivity index (χ4v) is 4.40. The van der Waals surface area contributed by atoms with Gasteiger partial charge in [0.05, 0.1) is 10.6 Å². The van der Waals surface area contributed by atoms with E-state index in [1.807, 2.05) is 54.8 Å². The summed E-state index contributed by atoms with van der Waals surface area (Å²) < 4.78 is 2.05. The molecule has 0 saturated heterocycles. The Labute approximate surface area is 161 Å². The van der Waals surface area contributed by atoms with E-state index in [1.165, 1.54) is 6.07 Å². The summed E-state index contributed by atoms with van der Waals surface area (Å²) in [6, 6.07) is 18.9. The molecular weight excluding hydrogens is 360 g/mol. The number of nitrogens with one attached hydrogen (secondary N) is 1. The number of hydrogen-bond acceptors (Lipinski definition) is 5. The van der Waals surface area contributed by atoms with Crippen LogP contribution in [0.1, 0.15) is 27.9 Å². The number of hydrazone groups is 1. The van der Waals surface area contributed by atoms with Gasteiger partial charge in [-0.3, -0.25) is 15.5 Å². The zero-order chi connectivity index (χ0) is 19.0. The van der Waals surface area contributed by atoms with E-state index in [0.717, 1.165) is 33.2 Å². The first kappa shape index (κ1) is 17.4. The van der Waals surface area contributed by atoms with Gasteiger partial charge < -0.3 is 4.57 Å². The fourth-order valence-electron chi connectivity index (χ4n) is 3.32. The number of nitro groups is 1. The average molecular weight is 378 g/mol. The Morgan fingerprint density at radius 2 is 1.89 bits per heavy atom. The van der Waals surface area contributed by atoms with Gasteiger partial charge in [-0.2, -0.15) is 5.10 Å². The highest BCUT2D eigenvalue weighted by molar-refractivity contribution is 8.14. The van der Waals surface area contributed by atoms with Crippen LogP contribution in [0.3, 0.4) is 0 Å². The van der Waals surface area contributed by atoms with Crippen molar-refractivity contribution in [1.29, 1.82) is 0 Å². The SMILES string of the molecule is Cc1cc([C@H]2NN=C(c3ccccc3)S2)c(C)n1-c1cccc([N+](=O)[O-])c1. The van der Waals surface area contributed by atoms with E-state index in [9.17, 15) is 10.1 Å². The van der Waals surface area contributed by atoms with Crippen LogP contribution in [0.2, 0.25) is 0 Å². The molecule has 136 valence electrons. The molecule has 27 heavy (non-hydrogen) atoms. The smallest absolute Gasteiger partial charge is 0.271 e. The van der Waals surface area contributed by atoms with Crippen molar-refractivity contribution >= 4 is 22.5 Å². The van der Waals surface area contributed by atoms with Crippen LogP contribution in [0.25, 0.3) is 5.69 Å². The number of rotatable bonds is 4. The fraction of sp³-hybridized carbons (Fsp3) is 0.150. The molecule has 4 rings (SSSR count). The van der Waals surface area contributed by atoms with Crippen LogP contribution < -0.4 is 5.43 Å². The largest absolute Gasteiger partial charge is 0.318 e. The Hall–Kier alpha value is -3.06. The van der Waals surface area contributed by atoms with Crippen molar-refractivity contribution in [2.75, 3.05) is 0 Å². The van der Waals surface area contributed by atoms with E-state index in [0.29, 0.717) is 0 Å². The van der Waals surface area contributed by atoms with Crippen LogP contribution in [-0.2, 0) is 0 Å². The summed E-state index contributed by atoms with van der Waals surface area (Å²) in [5, 5.41) is 16.6. The monoisotopic (exact) mass is 378 g/mol. The van der Waals surface area contributed by atoms with Crippen LogP contribution in [0.4, 0.5) is 5.69 Å². The van der Waals surface area contributed by atoms with Crippen molar-refractivity contribution in [3.8, 4) is 5.69 Å². The number of thioether (sulfide) groups is 1. The molecule has 6 nitrogen and oxygen atoms in total. The van der Waals surface area contributed by atoms with Crippen molar-refractivity contribution in [3.63, 3.8) is 0 Å². The molecule has 3 aromatic rings. The van der Waals surface area contributed by atoms with Crippen LogP contribution in [0, 0.1) is 24.0 Å². The van der Waals surface area contributed by atoms with Gasteiger partial charge in [-0.25, -0.2) is 0 Å². The number of aryl methyl sites for hydroxylation is 1. The Balaban J connectivity index is 1.65. The van der Waals surface area contributed by atoms with E-state index in [1.54, 1.807) is 23.9 Å². The lowest BCUT2D eigenvalue weighted by molar-refractivity contribution is -0.384. The number of aromatic nitrogens is 1. The van der Waals surface area contributed by atoms with Gasteiger partial charge in [-0.05, 0) is 26.0 Å². The molecule has 0 unspecified atom stereocenters.